The molecule has 1 aliphatic heterocycles. The van der Waals surface area contributed by atoms with E-state index in [1.807, 2.05) is 0 Å². The Kier molecular flexibility index (Phi) is 4.98. The Hall–Kier alpha value is -3.55. The molecular weight excluding hydrogens is 355 g/mol. The van der Waals surface area contributed by atoms with Crippen LogP contribution in [-0.4, -0.2) is 41.2 Å². The van der Waals surface area contributed by atoms with Gasteiger partial charge in [-0.1, -0.05) is 24.3 Å². The summed E-state index contributed by atoms with van der Waals surface area (Å²) in [5.74, 6) is -3.50. The molecule has 1 N–H and O–H groups in total. The second-order valence-corrected chi connectivity index (χ2v) is 5.84. The Morgan fingerprint density at radius 3 is 2.19 bits per heavy atom. The summed E-state index contributed by atoms with van der Waals surface area (Å²) in [5, 5.41) is 2.27. The molecule has 0 unspecified atom stereocenters. The number of benzene rings is 2. The number of nitrogens with one attached hydrogen (secondary N) is 1. The number of ether oxygens (including phenoxy) is 1. The first kappa shape index (κ1) is 18.2. The molecule has 27 heavy (non-hydrogen) atoms. The monoisotopic (exact) mass is 370 g/mol. The molecule has 0 bridgehead atoms. The van der Waals surface area contributed by atoms with Crippen molar-refractivity contribution in [1.82, 2.24) is 4.90 Å². The van der Waals surface area contributed by atoms with E-state index in [0.29, 0.717) is 0 Å². The molecule has 2 aromatic rings. The van der Waals surface area contributed by atoms with Crippen LogP contribution in [-0.2, 0) is 14.3 Å². The van der Waals surface area contributed by atoms with Gasteiger partial charge < -0.3 is 10.1 Å². The van der Waals surface area contributed by atoms with E-state index in [1.54, 1.807) is 12.1 Å². The van der Waals surface area contributed by atoms with E-state index in [0.717, 1.165) is 4.90 Å². The smallest absolute Gasteiger partial charge is 0.329 e. The third-order valence-electron chi connectivity index (χ3n) is 4.05. The summed E-state index contributed by atoms with van der Waals surface area (Å²) in [5.41, 5.74) is 0.367. The lowest BCUT2D eigenvalue weighted by molar-refractivity contribution is -0.150. The number of nitrogens with zero attached hydrogens (tertiary/aromatic N) is 1. The van der Waals surface area contributed by atoms with Gasteiger partial charge in [-0.05, 0) is 31.2 Å². The summed E-state index contributed by atoms with van der Waals surface area (Å²) < 4.78 is 18.4. The van der Waals surface area contributed by atoms with Crippen molar-refractivity contribution in [2.24, 2.45) is 0 Å². The molecule has 0 saturated heterocycles. The van der Waals surface area contributed by atoms with Crippen molar-refractivity contribution in [3.05, 3.63) is 65.5 Å². The van der Waals surface area contributed by atoms with E-state index in [-0.39, 0.29) is 16.8 Å². The topological polar surface area (TPSA) is 92.8 Å². The number of anilines is 1. The van der Waals surface area contributed by atoms with Gasteiger partial charge in [0.05, 0.1) is 16.8 Å². The van der Waals surface area contributed by atoms with Crippen LogP contribution >= 0.6 is 0 Å². The number of amides is 3. The SMILES string of the molecule is C[C@@H](C(=O)OCC(=O)Nc1ccccc1F)N1C(=O)c2ccccc2C1=O. The van der Waals surface area contributed by atoms with Crippen LogP contribution in [0.5, 0.6) is 0 Å². The predicted molar refractivity (Wildman–Crippen MR) is 92.4 cm³/mol. The van der Waals surface area contributed by atoms with E-state index in [2.05, 4.69) is 5.32 Å². The number of esters is 1. The average Bonchev–Trinajstić information content (AvgIpc) is 2.92. The van der Waals surface area contributed by atoms with Crippen molar-refractivity contribution in [3.63, 3.8) is 0 Å². The Morgan fingerprint density at radius 1 is 1.04 bits per heavy atom. The number of carbonyl (C=O) groups is 4. The van der Waals surface area contributed by atoms with Crippen molar-refractivity contribution < 1.29 is 28.3 Å². The maximum atomic E-state index is 13.5. The molecule has 3 amide bonds. The third kappa shape index (κ3) is 3.55. The predicted octanol–water partition coefficient (Wildman–Crippen LogP) is 1.99. The van der Waals surface area contributed by atoms with Gasteiger partial charge in [0.15, 0.2) is 6.61 Å². The molecule has 0 saturated carbocycles. The number of halogens is 1. The largest absolute Gasteiger partial charge is 0.454 e. The van der Waals surface area contributed by atoms with Crippen LogP contribution in [0.15, 0.2) is 48.5 Å². The minimum Gasteiger partial charge on any atom is -0.454 e. The van der Waals surface area contributed by atoms with Gasteiger partial charge >= 0.3 is 5.97 Å². The van der Waals surface area contributed by atoms with E-state index < -0.39 is 42.2 Å². The van der Waals surface area contributed by atoms with Gasteiger partial charge in [0.1, 0.15) is 11.9 Å². The van der Waals surface area contributed by atoms with E-state index in [9.17, 15) is 23.6 Å². The van der Waals surface area contributed by atoms with Crippen LogP contribution in [0.2, 0.25) is 0 Å². The van der Waals surface area contributed by atoms with Crippen molar-refractivity contribution in [2.45, 2.75) is 13.0 Å². The first-order chi connectivity index (χ1) is 12.9. The first-order valence-corrected chi connectivity index (χ1v) is 8.08. The fourth-order valence-electron chi connectivity index (χ4n) is 2.67. The Morgan fingerprint density at radius 2 is 1.59 bits per heavy atom. The van der Waals surface area contributed by atoms with Crippen molar-refractivity contribution >= 4 is 29.4 Å². The molecule has 7 nitrogen and oxygen atoms in total. The molecular formula is C19H15FN2O5. The number of carbonyl (C=O) groups excluding carboxylic acids is 4. The standard InChI is InChI=1S/C19H15FN2O5/c1-11(22-17(24)12-6-2-3-7-13(12)18(22)25)19(26)27-10-16(23)21-15-9-5-4-8-14(15)20/h2-9,11H,10H2,1H3,(H,21,23)/t11-/m0/s1. The van der Waals surface area contributed by atoms with Gasteiger partial charge in [-0.3, -0.25) is 19.3 Å². The number of hydrogen-bond acceptors (Lipinski definition) is 5. The van der Waals surface area contributed by atoms with Crippen LogP contribution in [0.4, 0.5) is 10.1 Å². The van der Waals surface area contributed by atoms with Gasteiger partial charge in [0.2, 0.25) is 0 Å². The highest BCUT2D eigenvalue weighted by molar-refractivity contribution is 6.22. The Bertz CT molecular complexity index is 908. The van der Waals surface area contributed by atoms with E-state index in [1.165, 1.54) is 43.3 Å². The van der Waals surface area contributed by atoms with Crippen LogP contribution in [0.1, 0.15) is 27.6 Å². The fourth-order valence-corrected chi connectivity index (χ4v) is 2.67. The zero-order valence-corrected chi connectivity index (χ0v) is 14.3. The molecule has 0 radical (unpaired) electrons. The molecule has 2 aromatic carbocycles. The maximum absolute atomic E-state index is 13.5. The highest BCUT2D eigenvalue weighted by Gasteiger charge is 2.41. The maximum Gasteiger partial charge on any atom is 0.329 e. The second-order valence-electron chi connectivity index (χ2n) is 5.84. The molecule has 3 rings (SSSR count). The van der Waals surface area contributed by atoms with Crippen molar-refractivity contribution in [1.29, 1.82) is 0 Å². The molecule has 0 spiro atoms. The summed E-state index contributed by atoms with van der Waals surface area (Å²) in [4.78, 5) is 49.5. The molecule has 0 fully saturated rings. The number of hydrogen-bond donors (Lipinski definition) is 1. The summed E-state index contributed by atoms with van der Waals surface area (Å²) >= 11 is 0. The molecule has 0 aliphatic carbocycles. The molecule has 1 aliphatic rings. The summed E-state index contributed by atoms with van der Waals surface area (Å²) in [6.45, 7) is 0.652. The lowest BCUT2D eigenvalue weighted by atomic mass is 10.1. The van der Waals surface area contributed by atoms with Gasteiger partial charge in [0, 0.05) is 0 Å². The first-order valence-electron chi connectivity index (χ1n) is 8.08. The van der Waals surface area contributed by atoms with Crippen LogP contribution in [0.25, 0.3) is 0 Å². The molecule has 1 atom stereocenters. The number of imide groups is 1. The van der Waals surface area contributed by atoms with Crippen LogP contribution < -0.4 is 5.32 Å². The summed E-state index contributed by atoms with van der Waals surface area (Å²) in [7, 11) is 0. The normalized spacial score (nSPS) is 13.9. The summed E-state index contributed by atoms with van der Waals surface area (Å²) in [6.07, 6.45) is 0. The molecule has 8 heteroatoms. The third-order valence-corrected chi connectivity index (χ3v) is 4.05. The van der Waals surface area contributed by atoms with E-state index >= 15 is 0 Å². The minimum atomic E-state index is -1.21. The highest BCUT2D eigenvalue weighted by Crippen LogP contribution is 2.24. The minimum absolute atomic E-state index is 0.0491. The second kappa shape index (κ2) is 7.36. The van der Waals surface area contributed by atoms with Crippen molar-refractivity contribution in [2.75, 3.05) is 11.9 Å². The highest BCUT2D eigenvalue weighted by atomic mass is 19.1. The lowest BCUT2D eigenvalue weighted by Gasteiger charge is -2.20. The quantitative estimate of drug-likeness (QED) is 0.642. The van der Waals surface area contributed by atoms with Gasteiger partial charge in [-0.2, -0.15) is 0 Å². The number of rotatable bonds is 5. The Labute approximate surface area is 153 Å². The Balaban J connectivity index is 1.60. The molecule has 0 aromatic heterocycles. The molecule has 138 valence electrons. The summed E-state index contributed by atoms with van der Waals surface area (Å²) in [6, 6.07) is 10.5. The molecule has 1 heterocycles. The number of para-hydroxylation sites is 1. The van der Waals surface area contributed by atoms with Crippen molar-refractivity contribution in [3.8, 4) is 0 Å². The lowest BCUT2D eigenvalue weighted by Crippen LogP contribution is -2.44. The van der Waals surface area contributed by atoms with Gasteiger partial charge in [-0.25, -0.2) is 9.18 Å². The van der Waals surface area contributed by atoms with Gasteiger partial charge in [-0.15, -0.1) is 0 Å². The van der Waals surface area contributed by atoms with E-state index in [4.69, 9.17) is 4.74 Å². The fraction of sp³-hybridized carbons (Fsp3) is 0.158. The zero-order chi connectivity index (χ0) is 19.6. The van der Waals surface area contributed by atoms with Crippen LogP contribution in [0, 0.1) is 5.82 Å². The van der Waals surface area contributed by atoms with Gasteiger partial charge in [0.25, 0.3) is 17.7 Å². The average molecular weight is 370 g/mol. The zero-order valence-electron chi connectivity index (χ0n) is 14.3. The number of fused-ring (bicyclic) bond motifs is 1. The van der Waals surface area contributed by atoms with Crippen LogP contribution in [0.3, 0.4) is 0 Å².